The first-order valence-electron chi connectivity index (χ1n) is 12.7. The van der Waals surface area contributed by atoms with Crippen molar-refractivity contribution in [3.8, 4) is 28.3 Å². The summed E-state index contributed by atoms with van der Waals surface area (Å²) >= 11 is 6.38. The van der Waals surface area contributed by atoms with Crippen LogP contribution in [0.15, 0.2) is 109 Å². The lowest BCUT2D eigenvalue weighted by Crippen LogP contribution is -2.02. The third-order valence-electron chi connectivity index (χ3n) is 6.38. The zero-order valence-corrected chi connectivity index (χ0v) is 22.1. The van der Waals surface area contributed by atoms with Gasteiger partial charge in [0, 0.05) is 39.0 Å². The average Bonchev–Trinajstić information content (AvgIpc) is 2.97. The molecule has 6 aromatic rings. The molecule has 4 aromatic carbocycles. The summed E-state index contributed by atoms with van der Waals surface area (Å²) in [4.78, 5) is 13.6. The van der Waals surface area contributed by atoms with E-state index in [9.17, 15) is 0 Å². The fraction of sp³-hybridized carbons (Fsp3) is 0.0312. The summed E-state index contributed by atoms with van der Waals surface area (Å²) < 4.78 is 5.90. The number of nitrogens with one attached hydrogen (secondary N) is 1. The van der Waals surface area contributed by atoms with Crippen LogP contribution >= 0.6 is 11.6 Å². The number of pyridine rings is 1. The van der Waals surface area contributed by atoms with Crippen molar-refractivity contribution in [3.05, 3.63) is 120 Å². The van der Waals surface area contributed by atoms with Gasteiger partial charge in [-0.05, 0) is 54.1 Å². The lowest BCUT2D eigenvalue weighted by atomic mass is 10.1. The Hall–Kier alpha value is -5.14. The first-order valence-corrected chi connectivity index (χ1v) is 13.0. The largest absolute Gasteiger partial charge is 0.489 e. The second kappa shape index (κ2) is 10.9. The van der Waals surface area contributed by atoms with Crippen molar-refractivity contribution in [2.75, 3.05) is 16.8 Å². The van der Waals surface area contributed by atoms with Crippen molar-refractivity contribution in [2.45, 2.75) is 6.61 Å². The van der Waals surface area contributed by atoms with Gasteiger partial charge >= 0.3 is 0 Å². The zero-order chi connectivity index (χ0) is 27.5. The van der Waals surface area contributed by atoms with E-state index in [2.05, 4.69) is 15.3 Å². The van der Waals surface area contributed by atoms with E-state index in [1.165, 1.54) is 0 Å². The number of halogens is 1. The van der Waals surface area contributed by atoms with Gasteiger partial charge in [0.1, 0.15) is 18.2 Å². The fourth-order valence-corrected chi connectivity index (χ4v) is 4.70. The van der Waals surface area contributed by atoms with E-state index in [4.69, 9.17) is 32.8 Å². The van der Waals surface area contributed by atoms with E-state index >= 15 is 0 Å². The van der Waals surface area contributed by atoms with E-state index in [-0.39, 0.29) is 5.95 Å². The molecular weight excluding hydrogens is 520 g/mol. The van der Waals surface area contributed by atoms with Crippen LogP contribution in [0, 0.1) is 0 Å². The molecule has 0 spiro atoms. The highest BCUT2D eigenvalue weighted by atomic mass is 35.5. The maximum absolute atomic E-state index is 6.44. The predicted molar refractivity (Wildman–Crippen MR) is 163 cm³/mol. The number of nitrogen functional groups attached to an aromatic ring is 2. The molecule has 8 heteroatoms. The molecule has 0 aliphatic heterocycles. The van der Waals surface area contributed by atoms with Gasteiger partial charge in [0.2, 0.25) is 5.95 Å². The smallest absolute Gasteiger partial charge is 0.222 e. The number of hydrogen-bond donors (Lipinski definition) is 3. The van der Waals surface area contributed by atoms with Gasteiger partial charge in [-0.1, -0.05) is 66.2 Å². The van der Waals surface area contributed by atoms with Crippen molar-refractivity contribution in [1.29, 1.82) is 0 Å². The quantitative estimate of drug-likeness (QED) is 0.191. The van der Waals surface area contributed by atoms with E-state index in [1.54, 1.807) is 0 Å². The van der Waals surface area contributed by atoms with Crippen LogP contribution in [0.2, 0.25) is 5.02 Å². The number of nitrogens with two attached hydrogens (primary N) is 2. The third-order valence-corrected chi connectivity index (χ3v) is 6.71. The van der Waals surface area contributed by atoms with Crippen LogP contribution in [0.5, 0.6) is 5.75 Å². The predicted octanol–water partition coefficient (Wildman–Crippen LogP) is 7.50. The molecule has 2 heterocycles. The van der Waals surface area contributed by atoms with E-state index in [1.807, 2.05) is 109 Å². The van der Waals surface area contributed by atoms with Crippen LogP contribution in [0.1, 0.15) is 5.56 Å². The van der Waals surface area contributed by atoms with Gasteiger partial charge in [0.05, 0.1) is 16.9 Å². The molecule has 0 aliphatic carbocycles. The molecule has 40 heavy (non-hydrogen) atoms. The Kier molecular flexibility index (Phi) is 6.87. The van der Waals surface area contributed by atoms with Gasteiger partial charge in [-0.2, -0.15) is 4.98 Å². The summed E-state index contributed by atoms with van der Waals surface area (Å²) in [6.07, 6.45) is 0. The first-order chi connectivity index (χ1) is 19.5. The van der Waals surface area contributed by atoms with Gasteiger partial charge in [-0.25, -0.2) is 9.97 Å². The van der Waals surface area contributed by atoms with Gasteiger partial charge in [-0.15, -0.1) is 0 Å². The molecule has 2 aromatic heterocycles. The van der Waals surface area contributed by atoms with Crippen molar-refractivity contribution >= 4 is 45.6 Å². The molecule has 0 radical (unpaired) electrons. The van der Waals surface area contributed by atoms with Gasteiger partial charge in [-0.3, -0.25) is 0 Å². The molecule has 0 saturated heterocycles. The number of hydrogen-bond acceptors (Lipinski definition) is 7. The Morgan fingerprint density at radius 1 is 0.725 bits per heavy atom. The second-order valence-corrected chi connectivity index (χ2v) is 9.64. The molecule has 0 atom stereocenters. The van der Waals surface area contributed by atoms with Crippen molar-refractivity contribution in [1.82, 2.24) is 15.0 Å². The molecule has 0 unspecified atom stereocenters. The van der Waals surface area contributed by atoms with E-state index in [0.717, 1.165) is 44.7 Å². The van der Waals surface area contributed by atoms with E-state index < -0.39 is 0 Å². The normalized spacial score (nSPS) is 10.9. The number of rotatable bonds is 7. The van der Waals surface area contributed by atoms with Gasteiger partial charge in [0.15, 0.2) is 0 Å². The summed E-state index contributed by atoms with van der Waals surface area (Å²) in [5, 5.41) is 4.77. The molecule has 0 saturated carbocycles. The summed E-state index contributed by atoms with van der Waals surface area (Å²) in [5.74, 6) is 1.54. The van der Waals surface area contributed by atoms with Crippen LogP contribution in [0.3, 0.4) is 0 Å². The highest BCUT2D eigenvalue weighted by Crippen LogP contribution is 2.32. The molecule has 0 fully saturated rings. The topological polar surface area (TPSA) is 112 Å². The maximum atomic E-state index is 6.44. The molecule has 5 N–H and O–H groups in total. The molecule has 0 amide bonds. The molecule has 0 bridgehead atoms. The number of nitrogens with zero attached hydrogens (tertiary/aromatic N) is 3. The minimum Gasteiger partial charge on any atom is -0.489 e. The number of benzene rings is 4. The summed E-state index contributed by atoms with van der Waals surface area (Å²) in [5.41, 5.74) is 18.9. The number of aromatic nitrogens is 3. The SMILES string of the molecule is Nc1nc(Nc2ccc3nc(-c4ccccc4Cl)cc(N)c3c2)cc(-c2cccc(COc3ccccc3)c2)n1. The summed E-state index contributed by atoms with van der Waals surface area (Å²) in [6.45, 7) is 0.439. The van der Waals surface area contributed by atoms with Crippen LogP contribution in [0.25, 0.3) is 33.4 Å². The van der Waals surface area contributed by atoms with Crippen molar-refractivity contribution in [2.24, 2.45) is 0 Å². The average molecular weight is 545 g/mol. The Balaban J connectivity index is 1.25. The van der Waals surface area contributed by atoms with Gasteiger partial charge < -0.3 is 21.5 Å². The Morgan fingerprint density at radius 2 is 1.55 bits per heavy atom. The van der Waals surface area contributed by atoms with E-state index in [0.29, 0.717) is 28.8 Å². The lowest BCUT2D eigenvalue weighted by Gasteiger charge is -2.12. The molecular formula is C32H25ClN6O. The number of fused-ring (bicyclic) bond motifs is 1. The Morgan fingerprint density at radius 3 is 2.40 bits per heavy atom. The standard InChI is InChI=1S/C32H25ClN6O/c33-26-12-5-4-11-24(26)30-17-27(34)25-16-22(13-14-28(25)37-30)36-31-18-29(38-32(35)39-31)21-8-6-7-20(15-21)19-40-23-9-2-1-3-10-23/h1-18H,19H2,(H2,34,37)(H3,35,36,38,39). The van der Waals surface area contributed by atoms with Crippen LogP contribution in [-0.2, 0) is 6.61 Å². The fourth-order valence-electron chi connectivity index (χ4n) is 4.47. The van der Waals surface area contributed by atoms with Crippen LogP contribution in [0.4, 0.5) is 23.1 Å². The minimum absolute atomic E-state index is 0.164. The number of para-hydroxylation sites is 1. The molecule has 196 valence electrons. The van der Waals surface area contributed by atoms with Crippen molar-refractivity contribution < 1.29 is 4.74 Å². The summed E-state index contributed by atoms with van der Waals surface area (Å²) in [6, 6.07) is 34.8. The lowest BCUT2D eigenvalue weighted by molar-refractivity contribution is 0.306. The highest BCUT2D eigenvalue weighted by Gasteiger charge is 2.11. The monoisotopic (exact) mass is 544 g/mol. The zero-order valence-electron chi connectivity index (χ0n) is 21.4. The van der Waals surface area contributed by atoms with Crippen LogP contribution < -0.4 is 21.5 Å². The Bertz CT molecular complexity index is 1830. The third kappa shape index (κ3) is 5.50. The minimum atomic E-state index is 0.164. The number of anilines is 4. The number of ether oxygens (including phenoxy) is 1. The second-order valence-electron chi connectivity index (χ2n) is 9.23. The summed E-state index contributed by atoms with van der Waals surface area (Å²) in [7, 11) is 0. The highest BCUT2D eigenvalue weighted by molar-refractivity contribution is 6.33. The Labute approximate surface area is 236 Å². The first kappa shape index (κ1) is 25.2. The van der Waals surface area contributed by atoms with Gasteiger partial charge in [0.25, 0.3) is 0 Å². The maximum Gasteiger partial charge on any atom is 0.222 e. The molecule has 0 aliphatic rings. The van der Waals surface area contributed by atoms with Crippen LogP contribution in [-0.4, -0.2) is 15.0 Å². The molecule has 7 nitrogen and oxygen atoms in total. The van der Waals surface area contributed by atoms with Crippen molar-refractivity contribution in [3.63, 3.8) is 0 Å². The molecule has 6 rings (SSSR count).